The van der Waals surface area contributed by atoms with Crippen molar-refractivity contribution in [3.05, 3.63) is 0 Å². The van der Waals surface area contributed by atoms with E-state index in [0.717, 1.165) is 6.61 Å². The summed E-state index contributed by atoms with van der Waals surface area (Å²) in [6.45, 7) is 6.03. The van der Waals surface area contributed by atoms with Crippen molar-refractivity contribution in [2.45, 2.75) is 225 Å². The Morgan fingerprint density at radius 3 is 0.674 bits per heavy atom. The Morgan fingerprint density at radius 2 is 0.435 bits per heavy atom. The van der Waals surface area contributed by atoms with Gasteiger partial charge in [0.15, 0.2) is 0 Å². The van der Waals surface area contributed by atoms with Gasteiger partial charge in [0, 0.05) is 6.61 Å². The molecule has 0 saturated heterocycles. The highest BCUT2D eigenvalue weighted by atomic mass is 16.5. The molecule has 4 nitrogen and oxygen atoms in total. The van der Waals surface area contributed by atoms with Gasteiger partial charge in [0.2, 0.25) is 0 Å². The first kappa shape index (κ1) is 45.8. The molecular weight excluding hydrogens is 568 g/mol. The SMILES string of the molecule is CCCCCCCCCCCCCCCCCCCCCCCCCCCCCCCCCCCCOCCOCCOCCO. The summed E-state index contributed by atoms with van der Waals surface area (Å²) in [5.74, 6) is 0. The Balaban J connectivity index is 3.03. The van der Waals surface area contributed by atoms with Crippen LogP contribution in [-0.4, -0.2) is 51.4 Å². The Labute approximate surface area is 290 Å². The number of aliphatic hydroxyl groups excluding tert-OH is 1. The quantitative estimate of drug-likeness (QED) is 0.0665. The summed E-state index contributed by atoms with van der Waals surface area (Å²) in [7, 11) is 0. The molecule has 1 N–H and O–H groups in total. The molecule has 0 aliphatic carbocycles. The van der Waals surface area contributed by atoms with Gasteiger partial charge in [-0.25, -0.2) is 0 Å². The Morgan fingerprint density at radius 1 is 0.239 bits per heavy atom. The molecule has 0 heterocycles. The highest BCUT2D eigenvalue weighted by Crippen LogP contribution is 2.17. The normalized spacial score (nSPS) is 11.6. The zero-order valence-electron chi connectivity index (χ0n) is 31.7. The van der Waals surface area contributed by atoms with E-state index in [4.69, 9.17) is 19.3 Å². The van der Waals surface area contributed by atoms with E-state index >= 15 is 0 Å². The summed E-state index contributed by atoms with van der Waals surface area (Å²) in [5.41, 5.74) is 0. The van der Waals surface area contributed by atoms with Crippen molar-refractivity contribution in [3.63, 3.8) is 0 Å². The molecule has 278 valence electrons. The van der Waals surface area contributed by atoms with Crippen molar-refractivity contribution >= 4 is 0 Å². The van der Waals surface area contributed by atoms with E-state index in [1.54, 1.807) is 0 Å². The van der Waals surface area contributed by atoms with Gasteiger partial charge in [-0.1, -0.05) is 219 Å². The number of hydrogen-bond donors (Lipinski definition) is 1. The van der Waals surface area contributed by atoms with E-state index in [2.05, 4.69) is 6.92 Å². The number of rotatable bonds is 43. The zero-order chi connectivity index (χ0) is 33.1. The summed E-state index contributed by atoms with van der Waals surface area (Å²) in [6.07, 6.45) is 49.2. The van der Waals surface area contributed by atoms with Crippen molar-refractivity contribution in [2.75, 3.05) is 46.2 Å². The van der Waals surface area contributed by atoms with E-state index in [1.807, 2.05) is 0 Å². The molecule has 0 atom stereocenters. The maximum Gasteiger partial charge on any atom is 0.0701 e. The van der Waals surface area contributed by atoms with Crippen LogP contribution in [0.3, 0.4) is 0 Å². The topological polar surface area (TPSA) is 47.9 Å². The molecule has 0 aromatic carbocycles. The molecule has 0 aromatic rings. The van der Waals surface area contributed by atoms with Gasteiger partial charge in [-0.2, -0.15) is 0 Å². The lowest BCUT2D eigenvalue weighted by Crippen LogP contribution is -2.11. The minimum Gasteiger partial charge on any atom is -0.394 e. The lowest BCUT2D eigenvalue weighted by molar-refractivity contribution is 0.00719. The van der Waals surface area contributed by atoms with E-state index in [1.165, 1.54) is 218 Å². The summed E-state index contributed by atoms with van der Waals surface area (Å²) in [6, 6.07) is 0. The van der Waals surface area contributed by atoms with Gasteiger partial charge in [-0.05, 0) is 6.42 Å². The Bertz CT molecular complexity index is 456. The zero-order valence-corrected chi connectivity index (χ0v) is 31.7. The van der Waals surface area contributed by atoms with Gasteiger partial charge >= 0.3 is 0 Å². The molecule has 46 heavy (non-hydrogen) atoms. The molecule has 4 heteroatoms. The second-order valence-corrected chi connectivity index (χ2v) is 14.2. The van der Waals surface area contributed by atoms with E-state index in [0.29, 0.717) is 33.0 Å². The number of ether oxygens (including phenoxy) is 3. The average Bonchev–Trinajstić information content (AvgIpc) is 3.07. The van der Waals surface area contributed by atoms with Crippen molar-refractivity contribution in [3.8, 4) is 0 Å². The molecule has 0 bridgehead atoms. The third-order valence-electron chi connectivity index (χ3n) is 9.62. The smallest absolute Gasteiger partial charge is 0.0701 e. The van der Waals surface area contributed by atoms with Crippen LogP contribution in [0, 0.1) is 0 Å². The fourth-order valence-electron chi connectivity index (χ4n) is 6.54. The van der Waals surface area contributed by atoms with Crippen molar-refractivity contribution in [1.29, 1.82) is 0 Å². The molecule has 0 saturated carbocycles. The van der Waals surface area contributed by atoms with Gasteiger partial charge < -0.3 is 19.3 Å². The van der Waals surface area contributed by atoms with Crippen molar-refractivity contribution in [2.24, 2.45) is 0 Å². The Kier molecular flexibility index (Phi) is 44.7. The minimum atomic E-state index is 0.0723. The second kappa shape index (κ2) is 44.8. The van der Waals surface area contributed by atoms with Gasteiger partial charge in [0.05, 0.1) is 39.6 Å². The van der Waals surface area contributed by atoms with E-state index in [-0.39, 0.29) is 6.61 Å². The molecule has 0 unspecified atom stereocenters. The molecule has 0 fully saturated rings. The minimum absolute atomic E-state index is 0.0723. The molecule has 0 radical (unpaired) electrons. The van der Waals surface area contributed by atoms with Crippen LogP contribution < -0.4 is 0 Å². The molecule has 0 spiro atoms. The summed E-state index contributed by atoms with van der Waals surface area (Å²) < 4.78 is 16.2. The third-order valence-corrected chi connectivity index (χ3v) is 9.62. The maximum absolute atomic E-state index is 8.62. The molecular formula is C42H86O4. The highest BCUT2D eigenvalue weighted by molar-refractivity contribution is 4.53. The number of hydrogen-bond acceptors (Lipinski definition) is 4. The fourth-order valence-corrected chi connectivity index (χ4v) is 6.54. The largest absolute Gasteiger partial charge is 0.394 e. The van der Waals surface area contributed by atoms with E-state index < -0.39 is 0 Å². The van der Waals surface area contributed by atoms with Crippen LogP contribution in [-0.2, 0) is 14.2 Å². The monoisotopic (exact) mass is 655 g/mol. The third kappa shape index (κ3) is 43.8. The summed E-state index contributed by atoms with van der Waals surface area (Å²) in [5, 5.41) is 8.62. The summed E-state index contributed by atoms with van der Waals surface area (Å²) in [4.78, 5) is 0. The molecule has 0 rings (SSSR count). The standard InChI is InChI=1S/C42H86O4/c1-2-3-4-5-6-7-8-9-10-11-12-13-14-15-16-17-18-19-20-21-22-23-24-25-26-27-28-29-30-31-32-33-34-35-37-44-39-41-46-42-40-45-38-36-43/h43H,2-42H2,1H3. The van der Waals surface area contributed by atoms with Crippen LogP contribution in [0.1, 0.15) is 225 Å². The van der Waals surface area contributed by atoms with Crippen molar-refractivity contribution in [1.82, 2.24) is 0 Å². The fraction of sp³-hybridized carbons (Fsp3) is 1.00. The van der Waals surface area contributed by atoms with Crippen LogP contribution in [0.2, 0.25) is 0 Å². The molecule has 0 aromatic heterocycles. The molecule has 0 aliphatic rings. The molecule has 0 aliphatic heterocycles. The highest BCUT2D eigenvalue weighted by Gasteiger charge is 1.98. The van der Waals surface area contributed by atoms with Gasteiger partial charge in [-0.3, -0.25) is 0 Å². The maximum atomic E-state index is 8.62. The Hall–Kier alpha value is -0.160. The van der Waals surface area contributed by atoms with Crippen LogP contribution in [0.4, 0.5) is 0 Å². The first-order valence-electron chi connectivity index (χ1n) is 21.3. The van der Waals surface area contributed by atoms with E-state index in [9.17, 15) is 0 Å². The molecule has 0 amide bonds. The van der Waals surface area contributed by atoms with Gasteiger partial charge in [0.25, 0.3) is 0 Å². The van der Waals surface area contributed by atoms with Gasteiger partial charge in [0.1, 0.15) is 0 Å². The lowest BCUT2D eigenvalue weighted by Gasteiger charge is -2.06. The van der Waals surface area contributed by atoms with Crippen LogP contribution in [0.15, 0.2) is 0 Å². The summed E-state index contributed by atoms with van der Waals surface area (Å²) >= 11 is 0. The lowest BCUT2D eigenvalue weighted by atomic mass is 10.0. The van der Waals surface area contributed by atoms with Crippen LogP contribution in [0.25, 0.3) is 0 Å². The van der Waals surface area contributed by atoms with Crippen LogP contribution in [0.5, 0.6) is 0 Å². The number of unbranched alkanes of at least 4 members (excludes halogenated alkanes) is 33. The number of aliphatic hydroxyl groups is 1. The van der Waals surface area contributed by atoms with Gasteiger partial charge in [-0.15, -0.1) is 0 Å². The predicted octanol–water partition coefficient (Wildman–Crippen LogP) is 13.3. The van der Waals surface area contributed by atoms with Crippen LogP contribution >= 0.6 is 0 Å². The second-order valence-electron chi connectivity index (χ2n) is 14.2. The first-order chi connectivity index (χ1) is 22.9. The first-order valence-corrected chi connectivity index (χ1v) is 21.3. The predicted molar refractivity (Wildman–Crippen MR) is 202 cm³/mol. The average molecular weight is 655 g/mol. The van der Waals surface area contributed by atoms with Crippen molar-refractivity contribution < 1.29 is 19.3 Å².